The molecule has 1 fully saturated rings. The van der Waals surface area contributed by atoms with Crippen molar-refractivity contribution in [1.29, 1.82) is 0 Å². The number of halogens is 1. The molecule has 1 aliphatic rings. The molecule has 1 heterocycles. The van der Waals surface area contributed by atoms with Crippen LogP contribution in [0.1, 0.15) is 38.2 Å². The molecule has 1 amide bonds. The second kappa shape index (κ2) is 8.40. The lowest BCUT2D eigenvalue weighted by Gasteiger charge is -2.23. The lowest BCUT2D eigenvalue weighted by Crippen LogP contribution is -2.32. The van der Waals surface area contributed by atoms with Gasteiger partial charge in [-0.1, -0.05) is 23.7 Å². The Morgan fingerprint density at radius 3 is 2.62 bits per heavy atom. The van der Waals surface area contributed by atoms with Gasteiger partial charge in [-0.3, -0.25) is 4.79 Å². The zero-order chi connectivity index (χ0) is 15.1. The summed E-state index contributed by atoms with van der Waals surface area (Å²) in [6, 6.07) is 8.30. The third-order valence-electron chi connectivity index (χ3n) is 4.20. The molecule has 0 aliphatic carbocycles. The standard InChI is InChI=1S/C17H25ClN2O/c1-14(20-12-2-3-13-20)4-9-17(21)19-11-10-15-5-7-16(18)8-6-15/h5-8,14H,2-4,9-13H2,1H3,(H,19,21). The van der Waals surface area contributed by atoms with Gasteiger partial charge in [0.15, 0.2) is 0 Å². The number of benzene rings is 1. The van der Waals surface area contributed by atoms with E-state index >= 15 is 0 Å². The zero-order valence-corrected chi connectivity index (χ0v) is 13.5. The van der Waals surface area contributed by atoms with Gasteiger partial charge < -0.3 is 10.2 Å². The molecular weight excluding hydrogens is 284 g/mol. The first-order chi connectivity index (χ1) is 10.1. The van der Waals surface area contributed by atoms with E-state index < -0.39 is 0 Å². The van der Waals surface area contributed by atoms with Crippen LogP contribution in [0, 0.1) is 0 Å². The second-order valence-corrected chi connectivity index (χ2v) is 6.29. The number of carbonyl (C=O) groups is 1. The minimum Gasteiger partial charge on any atom is -0.356 e. The van der Waals surface area contributed by atoms with E-state index in [1.54, 1.807) is 0 Å². The molecule has 1 aromatic rings. The van der Waals surface area contributed by atoms with Crippen LogP contribution in [0.25, 0.3) is 0 Å². The Labute approximate surface area is 132 Å². The molecule has 116 valence electrons. The van der Waals surface area contributed by atoms with Gasteiger partial charge in [-0.2, -0.15) is 0 Å². The minimum atomic E-state index is 0.162. The summed E-state index contributed by atoms with van der Waals surface area (Å²) in [5.41, 5.74) is 1.20. The number of likely N-dealkylation sites (tertiary alicyclic amines) is 1. The number of amides is 1. The molecule has 1 atom stereocenters. The predicted molar refractivity (Wildman–Crippen MR) is 87.7 cm³/mol. The SMILES string of the molecule is CC(CCC(=O)NCCc1ccc(Cl)cc1)N1CCCC1. The average molecular weight is 309 g/mol. The van der Waals surface area contributed by atoms with E-state index in [0.717, 1.165) is 17.9 Å². The van der Waals surface area contributed by atoms with Crippen LogP contribution in [0.15, 0.2) is 24.3 Å². The number of nitrogens with zero attached hydrogens (tertiary/aromatic N) is 1. The summed E-state index contributed by atoms with van der Waals surface area (Å²) >= 11 is 5.85. The predicted octanol–water partition coefficient (Wildman–Crippen LogP) is 3.26. The lowest BCUT2D eigenvalue weighted by molar-refractivity contribution is -0.121. The molecular formula is C17H25ClN2O. The molecule has 3 nitrogen and oxygen atoms in total. The highest BCUT2D eigenvalue weighted by molar-refractivity contribution is 6.30. The Balaban J connectivity index is 1.60. The van der Waals surface area contributed by atoms with Crippen LogP contribution < -0.4 is 5.32 Å². The van der Waals surface area contributed by atoms with Crippen LogP contribution in [0.3, 0.4) is 0 Å². The van der Waals surface area contributed by atoms with E-state index in [-0.39, 0.29) is 5.91 Å². The quantitative estimate of drug-likeness (QED) is 0.838. The number of rotatable bonds is 7. The second-order valence-electron chi connectivity index (χ2n) is 5.86. The molecule has 1 aliphatic heterocycles. The van der Waals surface area contributed by atoms with E-state index in [0.29, 0.717) is 19.0 Å². The van der Waals surface area contributed by atoms with E-state index in [2.05, 4.69) is 17.1 Å². The summed E-state index contributed by atoms with van der Waals surface area (Å²) in [6.45, 7) is 5.31. The smallest absolute Gasteiger partial charge is 0.220 e. The third-order valence-corrected chi connectivity index (χ3v) is 4.45. The molecule has 21 heavy (non-hydrogen) atoms. The highest BCUT2D eigenvalue weighted by atomic mass is 35.5. The molecule has 4 heteroatoms. The van der Waals surface area contributed by atoms with Gasteiger partial charge in [-0.15, -0.1) is 0 Å². The van der Waals surface area contributed by atoms with Gasteiger partial charge in [-0.05, 0) is 63.4 Å². The summed E-state index contributed by atoms with van der Waals surface area (Å²) in [5, 5.41) is 3.75. The summed E-state index contributed by atoms with van der Waals surface area (Å²) in [7, 11) is 0. The molecule has 1 aromatic carbocycles. The van der Waals surface area contributed by atoms with Crippen LogP contribution in [0.2, 0.25) is 5.02 Å². The summed E-state index contributed by atoms with van der Waals surface area (Å²) < 4.78 is 0. The minimum absolute atomic E-state index is 0.162. The van der Waals surface area contributed by atoms with Gasteiger partial charge in [-0.25, -0.2) is 0 Å². The molecule has 1 unspecified atom stereocenters. The lowest BCUT2D eigenvalue weighted by atomic mass is 10.1. The van der Waals surface area contributed by atoms with E-state index in [9.17, 15) is 4.79 Å². The molecule has 0 spiro atoms. The van der Waals surface area contributed by atoms with Crippen LogP contribution in [0.4, 0.5) is 0 Å². The van der Waals surface area contributed by atoms with Crippen molar-refractivity contribution in [3.8, 4) is 0 Å². The van der Waals surface area contributed by atoms with Crippen molar-refractivity contribution in [2.24, 2.45) is 0 Å². The van der Waals surface area contributed by atoms with Crippen molar-refractivity contribution in [3.63, 3.8) is 0 Å². The van der Waals surface area contributed by atoms with E-state index in [1.165, 1.54) is 31.5 Å². The number of hydrogen-bond donors (Lipinski definition) is 1. The summed E-state index contributed by atoms with van der Waals surface area (Å²) in [5.74, 6) is 0.162. The first kappa shape index (κ1) is 16.3. The monoisotopic (exact) mass is 308 g/mol. The van der Waals surface area contributed by atoms with Crippen molar-refractivity contribution >= 4 is 17.5 Å². The van der Waals surface area contributed by atoms with Crippen molar-refractivity contribution in [3.05, 3.63) is 34.9 Å². The highest BCUT2D eigenvalue weighted by Gasteiger charge is 2.18. The van der Waals surface area contributed by atoms with Gasteiger partial charge in [0.2, 0.25) is 5.91 Å². The Morgan fingerprint density at radius 1 is 1.29 bits per heavy atom. The molecule has 1 saturated heterocycles. The number of carbonyl (C=O) groups excluding carboxylic acids is 1. The molecule has 0 saturated carbocycles. The topological polar surface area (TPSA) is 32.3 Å². The first-order valence-corrected chi connectivity index (χ1v) is 8.28. The molecule has 0 bridgehead atoms. The zero-order valence-electron chi connectivity index (χ0n) is 12.8. The number of hydrogen-bond acceptors (Lipinski definition) is 2. The summed E-state index contributed by atoms with van der Waals surface area (Å²) in [4.78, 5) is 14.3. The van der Waals surface area contributed by atoms with Crippen molar-refractivity contribution in [2.45, 2.75) is 45.1 Å². The van der Waals surface area contributed by atoms with Crippen molar-refractivity contribution in [1.82, 2.24) is 10.2 Å². The normalized spacial score (nSPS) is 16.9. The van der Waals surface area contributed by atoms with Gasteiger partial charge in [0, 0.05) is 24.0 Å². The molecule has 0 radical (unpaired) electrons. The Hall–Kier alpha value is -1.06. The van der Waals surface area contributed by atoms with Gasteiger partial charge in [0.25, 0.3) is 0 Å². The largest absolute Gasteiger partial charge is 0.356 e. The molecule has 0 aromatic heterocycles. The Morgan fingerprint density at radius 2 is 1.95 bits per heavy atom. The Kier molecular flexibility index (Phi) is 6.52. The average Bonchev–Trinajstić information content (AvgIpc) is 3.01. The van der Waals surface area contributed by atoms with Gasteiger partial charge in [0.05, 0.1) is 0 Å². The molecule has 1 N–H and O–H groups in total. The van der Waals surface area contributed by atoms with Crippen LogP contribution in [-0.2, 0) is 11.2 Å². The fourth-order valence-corrected chi connectivity index (χ4v) is 2.92. The maximum atomic E-state index is 11.9. The van der Waals surface area contributed by atoms with Crippen LogP contribution >= 0.6 is 11.6 Å². The fourth-order valence-electron chi connectivity index (χ4n) is 2.79. The maximum Gasteiger partial charge on any atom is 0.220 e. The third kappa shape index (κ3) is 5.68. The van der Waals surface area contributed by atoms with Crippen molar-refractivity contribution in [2.75, 3.05) is 19.6 Å². The van der Waals surface area contributed by atoms with Gasteiger partial charge >= 0.3 is 0 Å². The fraction of sp³-hybridized carbons (Fsp3) is 0.588. The van der Waals surface area contributed by atoms with Crippen LogP contribution in [-0.4, -0.2) is 36.5 Å². The molecule has 2 rings (SSSR count). The first-order valence-electron chi connectivity index (χ1n) is 7.90. The van der Waals surface area contributed by atoms with E-state index in [1.807, 2.05) is 24.3 Å². The van der Waals surface area contributed by atoms with Crippen LogP contribution in [0.5, 0.6) is 0 Å². The van der Waals surface area contributed by atoms with Gasteiger partial charge in [0.1, 0.15) is 0 Å². The van der Waals surface area contributed by atoms with E-state index in [4.69, 9.17) is 11.6 Å². The number of nitrogens with one attached hydrogen (secondary N) is 1. The summed E-state index contributed by atoms with van der Waals surface area (Å²) in [6.07, 6.45) is 5.03. The van der Waals surface area contributed by atoms with Crippen molar-refractivity contribution < 1.29 is 4.79 Å². The Bertz CT molecular complexity index is 441. The maximum absolute atomic E-state index is 11.9. The highest BCUT2D eigenvalue weighted by Crippen LogP contribution is 2.14.